The minimum atomic E-state index is 0.442. The standard InChI is InChI=1S/C12H13BrN2O2/c1-15-10(9(13)7-14-15)8-17-12-6-4-3-5-11(12)16-2/h3-7H,8H2,1-2H3. The molecule has 0 bridgehead atoms. The van der Waals surface area contributed by atoms with Crippen LogP contribution < -0.4 is 9.47 Å². The van der Waals surface area contributed by atoms with Crippen molar-refractivity contribution in [2.24, 2.45) is 7.05 Å². The zero-order valence-corrected chi connectivity index (χ0v) is 11.3. The van der Waals surface area contributed by atoms with Crippen LogP contribution in [0.25, 0.3) is 0 Å². The Morgan fingerprint density at radius 3 is 2.59 bits per heavy atom. The van der Waals surface area contributed by atoms with Crippen molar-refractivity contribution >= 4 is 15.9 Å². The molecule has 0 radical (unpaired) electrons. The van der Waals surface area contributed by atoms with Crippen molar-refractivity contribution in [3.05, 3.63) is 40.6 Å². The summed E-state index contributed by atoms with van der Waals surface area (Å²) in [5, 5.41) is 4.13. The Labute approximate surface area is 108 Å². The lowest BCUT2D eigenvalue weighted by atomic mass is 10.3. The molecule has 0 spiro atoms. The molecule has 0 fully saturated rings. The number of benzene rings is 1. The molecule has 0 N–H and O–H groups in total. The summed E-state index contributed by atoms with van der Waals surface area (Å²) < 4.78 is 13.7. The summed E-state index contributed by atoms with van der Waals surface area (Å²) in [6.07, 6.45) is 1.75. The van der Waals surface area contributed by atoms with E-state index in [1.807, 2.05) is 31.3 Å². The Bertz CT molecular complexity index is 491. The SMILES string of the molecule is COc1ccccc1OCc1c(Br)cnn1C. The minimum absolute atomic E-state index is 0.442. The van der Waals surface area contributed by atoms with Crippen LogP contribution in [0, 0.1) is 0 Å². The lowest BCUT2D eigenvalue weighted by Crippen LogP contribution is -2.04. The van der Waals surface area contributed by atoms with Gasteiger partial charge >= 0.3 is 0 Å². The molecular weight excluding hydrogens is 284 g/mol. The molecule has 1 aromatic carbocycles. The van der Waals surface area contributed by atoms with E-state index in [1.165, 1.54) is 0 Å². The third kappa shape index (κ3) is 2.61. The van der Waals surface area contributed by atoms with Crippen molar-refractivity contribution in [1.82, 2.24) is 9.78 Å². The van der Waals surface area contributed by atoms with Gasteiger partial charge in [-0.1, -0.05) is 12.1 Å². The Balaban J connectivity index is 2.12. The number of hydrogen-bond acceptors (Lipinski definition) is 3. The topological polar surface area (TPSA) is 36.3 Å². The van der Waals surface area contributed by atoms with E-state index in [4.69, 9.17) is 9.47 Å². The molecule has 0 aliphatic carbocycles. The highest BCUT2D eigenvalue weighted by Gasteiger charge is 2.08. The van der Waals surface area contributed by atoms with Crippen molar-refractivity contribution in [3.63, 3.8) is 0 Å². The second-order valence-electron chi connectivity index (χ2n) is 3.50. The van der Waals surface area contributed by atoms with Crippen molar-refractivity contribution in [1.29, 1.82) is 0 Å². The molecule has 0 saturated heterocycles. The lowest BCUT2D eigenvalue weighted by Gasteiger charge is -2.10. The third-order valence-corrected chi connectivity index (χ3v) is 3.11. The van der Waals surface area contributed by atoms with Crippen LogP contribution in [0.5, 0.6) is 11.5 Å². The normalized spacial score (nSPS) is 10.3. The Morgan fingerprint density at radius 1 is 1.29 bits per heavy atom. The maximum atomic E-state index is 5.72. The van der Waals surface area contributed by atoms with Crippen LogP contribution in [0.2, 0.25) is 0 Å². The van der Waals surface area contributed by atoms with E-state index in [2.05, 4.69) is 21.0 Å². The van der Waals surface area contributed by atoms with Crippen LogP contribution in [0.15, 0.2) is 34.9 Å². The number of hydrogen-bond donors (Lipinski definition) is 0. The number of nitrogens with zero attached hydrogens (tertiary/aromatic N) is 2. The third-order valence-electron chi connectivity index (χ3n) is 2.44. The summed E-state index contributed by atoms with van der Waals surface area (Å²) >= 11 is 3.43. The average Bonchev–Trinajstić information content (AvgIpc) is 2.67. The molecule has 1 aromatic heterocycles. The van der Waals surface area contributed by atoms with E-state index in [9.17, 15) is 0 Å². The maximum absolute atomic E-state index is 5.72. The Kier molecular flexibility index (Phi) is 3.68. The van der Waals surface area contributed by atoms with Gasteiger partial charge in [-0.25, -0.2) is 0 Å². The quantitative estimate of drug-likeness (QED) is 0.870. The first-order chi connectivity index (χ1) is 8.22. The number of aryl methyl sites for hydroxylation is 1. The molecule has 2 rings (SSSR count). The Hall–Kier alpha value is -1.49. The smallest absolute Gasteiger partial charge is 0.161 e. The fraction of sp³-hybridized carbons (Fsp3) is 0.250. The number of methoxy groups -OCH3 is 1. The first-order valence-corrected chi connectivity index (χ1v) is 5.94. The fourth-order valence-electron chi connectivity index (χ4n) is 1.48. The first-order valence-electron chi connectivity index (χ1n) is 5.14. The van der Waals surface area contributed by atoms with Crippen LogP contribution in [0.3, 0.4) is 0 Å². The predicted molar refractivity (Wildman–Crippen MR) is 68.2 cm³/mol. The number of halogens is 1. The van der Waals surface area contributed by atoms with Gasteiger partial charge in [0.05, 0.1) is 23.5 Å². The molecule has 0 atom stereocenters. The van der Waals surface area contributed by atoms with Crippen molar-refractivity contribution in [3.8, 4) is 11.5 Å². The molecule has 0 aliphatic rings. The summed E-state index contributed by atoms with van der Waals surface area (Å²) in [7, 11) is 3.51. The zero-order valence-electron chi connectivity index (χ0n) is 9.68. The molecule has 90 valence electrons. The van der Waals surface area contributed by atoms with Gasteiger partial charge in [-0.15, -0.1) is 0 Å². The molecule has 0 saturated carbocycles. The minimum Gasteiger partial charge on any atom is -0.493 e. The molecule has 2 aromatic rings. The zero-order chi connectivity index (χ0) is 12.3. The van der Waals surface area contributed by atoms with Crippen LogP contribution in [0.1, 0.15) is 5.69 Å². The van der Waals surface area contributed by atoms with Crippen molar-refractivity contribution < 1.29 is 9.47 Å². The molecular formula is C12H13BrN2O2. The van der Waals surface area contributed by atoms with Gasteiger partial charge in [-0.05, 0) is 28.1 Å². The van der Waals surface area contributed by atoms with Gasteiger partial charge in [0, 0.05) is 7.05 Å². The molecule has 4 nitrogen and oxygen atoms in total. The van der Waals surface area contributed by atoms with Gasteiger partial charge < -0.3 is 9.47 Å². The molecule has 0 aliphatic heterocycles. The second kappa shape index (κ2) is 5.23. The summed E-state index contributed by atoms with van der Waals surface area (Å²) in [5.74, 6) is 1.45. The summed E-state index contributed by atoms with van der Waals surface area (Å²) in [4.78, 5) is 0. The highest BCUT2D eigenvalue weighted by atomic mass is 79.9. The number of ether oxygens (including phenoxy) is 2. The van der Waals surface area contributed by atoms with E-state index in [1.54, 1.807) is 18.0 Å². The first kappa shape index (κ1) is 12.0. The van der Waals surface area contributed by atoms with Gasteiger partial charge in [-0.2, -0.15) is 5.10 Å². The highest BCUT2D eigenvalue weighted by molar-refractivity contribution is 9.10. The van der Waals surface area contributed by atoms with Crippen LogP contribution in [-0.4, -0.2) is 16.9 Å². The van der Waals surface area contributed by atoms with Gasteiger partial charge in [0.25, 0.3) is 0 Å². The number of aromatic nitrogens is 2. The molecule has 17 heavy (non-hydrogen) atoms. The molecule has 0 amide bonds. The lowest BCUT2D eigenvalue weighted by molar-refractivity contribution is 0.275. The molecule has 0 unspecified atom stereocenters. The van der Waals surface area contributed by atoms with Crippen molar-refractivity contribution in [2.45, 2.75) is 6.61 Å². The largest absolute Gasteiger partial charge is 0.493 e. The predicted octanol–water partition coefficient (Wildman–Crippen LogP) is 2.77. The highest BCUT2D eigenvalue weighted by Crippen LogP contribution is 2.27. The van der Waals surface area contributed by atoms with Gasteiger partial charge in [0.1, 0.15) is 6.61 Å². The summed E-state index contributed by atoms with van der Waals surface area (Å²) in [6.45, 7) is 0.442. The summed E-state index contributed by atoms with van der Waals surface area (Å²) in [6, 6.07) is 7.57. The van der Waals surface area contributed by atoms with Gasteiger partial charge in [0.2, 0.25) is 0 Å². The van der Waals surface area contributed by atoms with Crippen molar-refractivity contribution in [2.75, 3.05) is 7.11 Å². The number of rotatable bonds is 4. The van der Waals surface area contributed by atoms with E-state index in [-0.39, 0.29) is 0 Å². The Morgan fingerprint density at radius 2 is 2.00 bits per heavy atom. The van der Waals surface area contributed by atoms with Gasteiger partial charge in [-0.3, -0.25) is 4.68 Å². The van der Waals surface area contributed by atoms with Crippen LogP contribution >= 0.6 is 15.9 Å². The summed E-state index contributed by atoms with van der Waals surface area (Å²) in [5.41, 5.74) is 0.982. The fourth-order valence-corrected chi connectivity index (χ4v) is 1.95. The monoisotopic (exact) mass is 296 g/mol. The maximum Gasteiger partial charge on any atom is 0.161 e. The van der Waals surface area contributed by atoms with E-state index in [0.29, 0.717) is 6.61 Å². The molecule has 1 heterocycles. The van der Waals surface area contributed by atoms with Crippen LogP contribution in [-0.2, 0) is 13.7 Å². The van der Waals surface area contributed by atoms with E-state index >= 15 is 0 Å². The van der Waals surface area contributed by atoms with Crippen LogP contribution in [0.4, 0.5) is 0 Å². The second-order valence-corrected chi connectivity index (χ2v) is 4.36. The molecule has 5 heteroatoms. The van der Waals surface area contributed by atoms with Gasteiger partial charge in [0.15, 0.2) is 11.5 Å². The number of para-hydroxylation sites is 2. The average molecular weight is 297 g/mol. The van der Waals surface area contributed by atoms with E-state index < -0.39 is 0 Å². The van der Waals surface area contributed by atoms with E-state index in [0.717, 1.165) is 21.7 Å².